The molecule has 2 N–H and O–H groups in total. The number of amides is 2. The molecule has 5 heteroatoms. The van der Waals surface area contributed by atoms with Gasteiger partial charge in [0, 0.05) is 25.6 Å². The van der Waals surface area contributed by atoms with Gasteiger partial charge in [0.2, 0.25) is 0 Å². The van der Waals surface area contributed by atoms with Crippen LogP contribution in [0.2, 0.25) is 0 Å². The van der Waals surface area contributed by atoms with E-state index < -0.39 is 5.97 Å². The molecule has 2 amide bonds. The molecule has 3 atom stereocenters. The summed E-state index contributed by atoms with van der Waals surface area (Å²) in [5.74, 6) is 0.160. The van der Waals surface area contributed by atoms with Crippen LogP contribution in [0.25, 0.3) is 0 Å². The molecule has 0 aromatic carbocycles. The molecule has 0 bridgehead atoms. The molecule has 1 saturated carbocycles. The van der Waals surface area contributed by atoms with Crippen molar-refractivity contribution in [3.8, 4) is 0 Å². The van der Waals surface area contributed by atoms with Crippen molar-refractivity contribution in [2.24, 2.45) is 11.8 Å². The van der Waals surface area contributed by atoms with Crippen LogP contribution in [0.4, 0.5) is 4.79 Å². The van der Waals surface area contributed by atoms with E-state index in [1.165, 1.54) is 19.3 Å². The standard InChI is InChI=1S/C16H28N2O3/c1-12-5-2-3-7-14(12)17-16(21)18-10-4-6-13(11-18)8-9-15(19)20/h12-14H,2-11H2,1H3,(H,17,21)(H,19,20). The molecule has 0 aromatic rings. The minimum absolute atomic E-state index is 0.0498. The van der Waals surface area contributed by atoms with E-state index in [0.717, 1.165) is 25.8 Å². The molecule has 0 radical (unpaired) electrons. The third-order valence-corrected chi connectivity index (χ3v) is 4.99. The third-order valence-electron chi connectivity index (χ3n) is 4.99. The van der Waals surface area contributed by atoms with Crippen molar-refractivity contribution in [3.63, 3.8) is 0 Å². The quantitative estimate of drug-likeness (QED) is 0.838. The van der Waals surface area contributed by atoms with E-state index in [-0.39, 0.29) is 12.5 Å². The van der Waals surface area contributed by atoms with Gasteiger partial charge in [0.15, 0.2) is 0 Å². The molecular formula is C16H28N2O3. The van der Waals surface area contributed by atoms with Gasteiger partial charge in [-0.15, -0.1) is 0 Å². The van der Waals surface area contributed by atoms with E-state index in [4.69, 9.17) is 5.11 Å². The zero-order valence-corrected chi connectivity index (χ0v) is 13.0. The van der Waals surface area contributed by atoms with Crippen LogP contribution in [-0.4, -0.2) is 41.1 Å². The van der Waals surface area contributed by atoms with Crippen molar-refractivity contribution < 1.29 is 14.7 Å². The van der Waals surface area contributed by atoms with Gasteiger partial charge >= 0.3 is 12.0 Å². The van der Waals surface area contributed by atoms with Crippen molar-refractivity contribution in [1.82, 2.24) is 10.2 Å². The van der Waals surface area contributed by atoms with E-state index in [1.54, 1.807) is 0 Å². The lowest BCUT2D eigenvalue weighted by atomic mass is 9.86. The number of urea groups is 1. The first-order valence-corrected chi connectivity index (χ1v) is 8.33. The maximum Gasteiger partial charge on any atom is 0.317 e. The second-order valence-electron chi connectivity index (χ2n) is 6.70. The van der Waals surface area contributed by atoms with Gasteiger partial charge in [-0.2, -0.15) is 0 Å². The van der Waals surface area contributed by atoms with Crippen LogP contribution in [0.1, 0.15) is 58.3 Å². The second-order valence-corrected chi connectivity index (χ2v) is 6.70. The summed E-state index contributed by atoms with van der Waals surface area (Å²) in [6.45, 7) is 3.73. The van der Waals surface area contributed by atoms with Crippen molar-refractivity contribution in [2.75, 3.05) is 13.1 Å². The maximum atomic E-state index is 12.4. The largest absolute Gasteiger partial charge is 0.481 e. The van der Waals surface area contributed by atoms with Crippen LogP contribution in [0.15, 0.2) is 0 Å². The number of hydrogen-bond acceptors (Lipinski definition) is 2. The molecule has 3 unspecified atom stereocenters. The van der Waals surface area contributed by atoms with Crippen molar-refractivity contribution >= 4 is 12.0 Å². The molecule has 2 fully saturated rings. The van der Waals surface area contributed by atoms with Crippen LogP contribution in [-0.2, 0) is 4.79 Å². The lowest BCUT2D eigenvalue weighted by Gasteiger charge is -2.36. The molecule has 1 heterocycles. The zero-order valence-electron chi connectivity index (χ0n) is 13.0. The van der Waals surface area contributed by atoms with Crippen molar-refractivity contribution in [2.45, 2.75) is 64.3 Å². The molecule has 2 rings (SSSR count). The topological polar surface area (TPSA) is 69.6 Å². The highest BCUT2D eigenvalue weighted by Gasteiger charge is 2.28. The number of aliphatic carboxylic acids is 1. The van der Waals surface area contributed by atoms with Crippen molar-refractivity contribution in [1.29, 1.82) is 0 Å². The normalized spacial score (nSPS) is 30.0. The first kappa shape index (κ1) is 16.1. The minimum atomic E-state index is -0.743. The van der Waals surface area contributed by atoms with E-state index >= 15 is 0 Å². The predicted molar refractivity (Wildman–Crippen MR) is 81.1 cm³/mol. The van der Waals surface area contributed by atoms with Crippen molar-refractivity contribution in [3.05, 3.63) is 0 Å². The van der Waals surface area contributed by atoms with Gasteiger partial charge in [0.05, 0.1) is 0 Å². The van der Waals surface area contributed by atoms with Gasteiger partial charge < -0.3 is 15.3 Å². The molecule has 0 spiro atoms. The van der Waals surface area contributed by atoms with Gasteiger partial charge in [-0.1, -0.05) is 19.8 Å². The molecule has 5 nitrogen and oxygen atoms in total. The number of carbonyl (C=O) groups is 2. The Balaban J connectivity index is 1.79. The number of carbonyl (C=O) groups excluding carboxylic acids is 1. The van der Waals surface area contributed by atoms with E-state index in [1.807, 2.05) is 4.90 Å². The Morgan fingerprint density at radius 1 is 1.19 bits per heavy atom. The van der Waals surface area contributed by atoms with Crippen LogP contribution in [0.5, 0.6) is 0 Å². The smallest absolute Gasteiger partial charge is 0.317 e. The predicted octanol–water partition coefficient (Wildman–Crippen LogP) is 2.85. The SMILES string of the molecule is CC1CCCCC1NC(=O)N1CCCC(CCC(=O)O)C1. The summed E-state index contributed by atoms with van der Waals surface area (Å²) >= 11 is 0. The molecule has 120 valence electrons. The Kier molecular flexibility index (Phi) is 5.88. The lowest BCUT2D eigenvalue weighted by molar-refractivity contribution is -0.137. The van der Waals surface area contributed by atoms with Gasteiger partial charge in [0.25, 0.3) is 0 Å². The summed E-state index contributed by atoms with van der Waals surface area (Å²) in [5.41, 5.74) is 0. The highest BCUT2D eigenvalue weighted by Crippen LogP contribution is 2.25. The molecule has 1 aliphatic carbocycles. The van der Waals surface area contributed by atoms with E-state index in [9.17, 15) is 9.59 Å². The molecule has 1 aliphatic heterocycles. The summed E-state index contributed by atoms with van der Waals surface area (Å²) in [5, 5.41) is 12.0. The number of hydrogen-bond donors (Lipinski definition) is 2. The summed E-state index contributed by atoms with van der Waals surface area (Å²) in [7, 11) is 0. The molecule has 1 saturated heterocycles. The number of carboxylic acid groups (broad SMARTS) is 1. The van der Waals surface area contributed by atoms with E-state index in [0.29, 0.717) is 30.8 Å². The van der Waals surface area contributed by atoms with Gasteiger partial charge in [0.1, 0.15) is 0 Å². The number of likely N-dealkylation sites (tertiary alicyclic amines) is 1. The lowest BCUT2D eigenvalue weighted by Crippen LogP contribution is -2.50. The number of rotatable bonds is 4. The Morgan fingerprint density at radius 3 is 2.67 bits per heavy atom. The molecule has 2 aliphatic rings. The fourth-order valence-corrected chi connectivity index (χ4v) is 3.59. The first-order valence-electron chi connectivity index (χ1n) is 8.33. The third kappa shape index (κ3) is 4.90. The summed E-state index contributed by atoms with van der Waals surface area (Å²) in [6, 6.07) is 0.361. The van der Waals surface area contributed by atoms with E-state index in [2.05, 4.69) is 12.2 Å². The number of nitrogens with zero attached hydrogens (tertiary/aromatic N) is 1. The number of piperidine rings is 1. The Morgan fingerprint density at radius 2 is 1.95 bits per heavy atom. The summed E-state index contributed by atoms with van der Waals surface area (Å²) in [4.78, 5) is 24.9. The average molecular weight is 296 g/mol. The van der Waals surface area contributed by atoms with Gasteiger partial charge in [-0.3, -0.25) is 4.79 Å². The average Bonchev–Trinajstić information content (AvgIpc) is 2.48. The monoisotopic (exact) mass is 296 g/mol. The Hall–Kier alpha value is -1.26. The van der Waals surface area contributed by atoms with Crippen LogP contribution in [0.3, 0.4) is 0 Å². The summed E-state index contributed by atoms with van der Waals surface area (Å²) in [6.07, 6.45) is 7.67. The number of carboxylic acids is 1. The minimum Gasteiger partial charge on any atom is -0.481 e. The molecule has 0 aromatic heterocycles. The Labute approximate surface area is 127 Å². The fourth-order valence-electron chi connectivity index (χ4n) is 3.59. The van der Waals surface area contributed by atoms with Crippen LogP contribution < -0.4 is 5.32 Å². The molecule has 21 heavy (non-hydrogen) atoms. The maximum absolute atomic E-state index is 12.4. The first-order chi connectivity index (χ1) is 10.1. The summed E-state index contributed by atoms with van der Waals surface area (Å²) < 4.78 is 0. The highest BCUT2D eigenvalue weighted by molar-refractivity contribution is 5.74. The van der Waals surface area contributed by atoms with Crippen LogP contribution in [0, 0.1) is 11.8 Å². The zero-order chi connectivity index (χ0) is 15.2. The van der Waals surface area contributed by atoms with Crippen LogP contribution >= 0.6 is 0 Å². The molecular weight excluding hydrogens is 268 g/mol. The second kappa shape index (κ2) is 7.66. The fraction of sp³-hybridized carbons (Fsp3) is 0.875. The highest BCUT2D eigenvalue weighted by atomic mass is 16.4. The van der Waals surface area contributed by atoms with Gasteiger partial charge in [-0.05, 0) is 43.9 Å². The Bertz CT molecular complexity index is 373. The van der Waals surface area contributed by atoms with Gasteiger partial charge in [-0.25, -0.2) is 4.79 Å². The number of nitrogens with one attached hydrogen (secondary N) is 1.